The maximum Gasteiger partial charge on any atom is 0.249 e. The number of aromatic nitrogens is 1. The minimum Gasteiger partial charge on any atom is -0.391 e. The summed E-state index contributed by atoms with van der Waals surface area (Å²) in [5, 5.41) is 28.8. The van der Waals surface area contributed by atoms with E-state index in [1.165, 1.54) is 12.1 Å². The average molecular weight is 424 g/mol. The van der Waals surface area contributed by atoms with E-state index in [9.17, 15) is 14.3 Å². The van der Waals surface area contributed by atoms with Crippen LogP contribution in [0.3, 0.4) is 0 Å². The summed E-state index contributed by atoms with van der Waals surface area (Å²) in [6.45, 7) is 5.16. The number of nitrogens with zero attached hydrogens (tertiary/aromatic N) is 3. The Morgan fingerprint density at radius 2 is 2.26 bits per heavy atom. The molecule has 3 heterocycles. The van der Waals surface area contributed by atoms with Gasteiger partial charge in [0.25, 0.3) is 0 Å². The molecule has 1 aromatic carbocycles. The number of carbonyl (C=O) groups excluding carboxylic acids is 1. The van der Waals surface area contributed by atoms with Crippen molar-refractivity contribution in [2.75, 3.05) is 35.6 Å². The molecule has 1 amide bonds. The number of likely N-dealkylation sites (tertiary alicyclic amines) is 1. The zero-order valence-corrected chi connectivity index (χ0v) is 17.4. The van der Waals surface area contributed by atoms with Crippen molar-refractivity contribution in [2.24, 2.45) is 0 Å². The van der Waals surface area contributed by atoms with Gasteiger partial charge in [0.05, 0.1) is 35.4 Å². The fraction of sp³-hybridized carbons (Fsp3) is 0.409. The molecule has 1 fully saturated rings. The summed E-state index contributed by atoms with van der Waals surface area (Å²) in [5.41, 5.74) is 1.66. The molecule has 162 valence electrons. The second-order valence-corrected chi connectivity index (χ2v) is 8.03. The van der Waals surface area contributed by atoms with E-state index < -0.39 is 17.5 Å². The van der Waals surface area contributed by atoms with Gasteiger partial charge >= 0.3 is 0 Å². The number of amides is 1. The molecule has 0 radical (unpaired) electrons. The van der Waals surface area contributed by atoms with Crippen molar-refractivity contribution in [1.82, 2.24) is 9.88 Å². The van der Waals surface area contributed by atoms with E-state index in [1.54, 1.807) is 25.3 Å². The van der Waals surface area contributed by atoms with Crippen molar-refractivity contribution in [2.45, 2.75) is 38.0 Å². The zero-order valence-electron chi connectivity index (χ0n) is 17.4. The molecule has 4 rings (SSSR count). The lowest BCUT2D eigenvalue weighted by Crippen LogP contribution is -2.58. The lowest BCUT2D eigenvalue weighted by atomic mass is 9.87. The summed E-state index contributed by atoms with van der Waals surface area (Å²) in [4.78, 5) is 19.1. The Hall–Kier alpha value is -3.22. The van der Waals surface area contributed by atoms with Gasteiger partial charge in [-0.2, -0.15) is 5.26 Å². The summed E-state index contributed by atoms with van der Waals surface area (Å²) in [6, 6.07) is 7.73. The summed E-state index contributed by atoms with van der Waals surface area (Å²) < 4.78 is 14.4. The Bertz CT molecular complexity index is 1040. The number of nitriles is 1. The van der Waals surface area contributed by atoms with Crippen LogP contribution in [-0.4, -0.2) is 52.7 Å². The number of nitrogens with one attached hydrogen (secondary N) is 3. The van der Waals surface area contributed by atoms with E-state index in [-0.39, 0.29) is 11.9 Å². The predicted octanol–water partition coefficient (Wildman–Crippen LogP) is 2.24. The smallest absolute Gasteiger partial charge is 0.249 e. The maximum atomic E-state index is 14.4. The van der Waals surface area contributed by atoms with Gasteiger partial charge in [-0.15, -0.1) is 0 Å². The van der Waals surface area contributed by atoms with Gasteiger partial charge in [0.15, 0.2) is 0 Å². The van der Waals surface area contributed by atoms with Crippen molar-refractivity contribution in [1.29, 1.82) is 5.26 Å². The third-order valence-electron chi connectivity index (χ3n) is 6.11. The first kappa shape index (κ1) is 21.0. The van der Waals surface area contributed by atoms with Gasteiger partial charge in [-0.3, -0.25) is 9.69 Å². The van der Waals surface area contributed by atoms with E-state index in [4.69, 9.17) is 5.26 Å². The Morgan fingerprint density at radius 3 is 2.94 bits per heavy atom. The van der Waals surface area contributed by atoms with Crippen molar-refractivity contribution < 1.29 is 14.3 Å². The second kappa shape index (κ2) is 8.13. The van der Waals surface area contributed by atoms with E-state index in [0.717, 1.165) is 0 Å². The van der Waals surface area contributed by atoms with Gasteiger partial charge in [-0.25, -0.2) is 9.37 Å². The molecular weight excluding hydrogens is 399 g/mol. The molecule has 8 nitrogen and oxygen atoms in total. The van der Waals surface area contributed by atoms with E-state index in [1.807, 2.05) is 17.9 Å². The number of piperidine rings is 1. The van der Waals surface area contributed by atoms with E-state index in [0.29, 0.717) is 54.4 Å². The largest absolute Gasteiger partial charge is 0.391 e. The van der Waals surface area contributed by atoms with Crippen LogP contribution in [-0.2, 0) is 10.3 Å². The van der Waals surface area contributed by atoms with Gasteiger partial charge in [-0.05, 0) is 44.5 Å². The van der Waals surface area contributed by atoms with E-state index >= 15 is 0 Å². The number of hydrogen-bond acceptors (Lipinski definition) is 7. The Labute approximate surface area is 180 Å². The first-order chi connectivity index (χ1) is 14.9. The molecule has 31 heavy (non-hydrogen) atoms. The fourth-order valence-corrected chi connectivity index (χ4v) is 4.37. The maximum absolute atomic E-state index is 14.4. The number of carbonyl (C=O) groups is 1. The SMILES string of the molecule is CCNc1cc(F)cc2c1NC(=O)C2(C)N1CC[C@H](O)[C@@H](Nc2ccc(C#N)nc2)C1. The number of rotatable bonds is 5. The summed E-state index contributed by atoms with van der Waals surface area (Å²) in [6.07, 6.45) is 1.38. The third kappa shape index (κ3) is 3.69. The lowest BCUT2D eigenvalue weighted by molar-refractivity contribution is -0.128. The highest BCUT2D eigenvalue weighted by Crippen LogP contribution is 2.45. The molecule has 3 atom stereocenters. The molecule has 0 aliphatic carbocycles. The van der Waals surface area contributed by atoms with Gasteiger partial charge in [-0.1, -0.05) is 0 Å². The molecule has 2 aliphatic heterocycles. The van der Waals surface area contributed by atoms with Crippen LogP contribution in [0.2, 0.25) is 0 Å². The minimum atomic E-state index is -1.06. The van der Waals surface area contributed by atoms with Gasteiger partial charge < -0.3 is 21.1 Å². The highest BCUT2D eigenvalue weighted by Gasteiger charge is 2.50. The van der Waals surface area contributed by atoms with E-state index in [2.05, 4.69) is 20.9 Å². The van der Waals surface area contributed by atoms with Crippen LogP contribution in [0.25, 0.3) is 0 Å². The number of anilines is 3. The van der Waals surface area contributed by atoms with Crippen LogP contribution >= 0.6 is 0 Å². The quantitative estimate of drug-likeness (QED) is 0.582. The van der Waals surface area contributed by atoms with Crippen molar-refractivity contribution in [3.05, 3.63) is 47.5 Å². The molecule has 0 spiro atoms. The fourth-order valence-electron chi connectivity index (χ4n) is 4.37. The van der Waals surface area contributed by atoms with Gasteiger partial charge in [0, 0.05) is 25.2 Å². The van der Waals surface area contributed by atoms with Crippen LogP contribution in [0.15, 0.2) is 30.5 Å². The standard InChI is InChI=1S/C22H25FN6O2/c1-3-25-17-9-13(23)8-16-20(17)28-21(31)22(16,2)29-7-6-19(30)18(12-29)27-15-5-4-14(10-24)26-11-15/h4-5,8-9,11,18-19,25,27,30H,3,6-7,12H2,1-2H3,(H,28,31)/t18-,19-,22?/m0/s1. The summed E-state index contributed by atoms with van der Waals surface area (Å²) in [7, 11) is 0. The van der Waals surface area contributed by atoms with Crippen LogP contribution < -0.4 is 16.0 Å². The van der Waals surface area contributed by atoms with Gasteiger partial charge in [0.2, 0.25) is 5.91 Å². The number of aliphatic hydroxyl groups is 1. The molecule has 4 N–H and O–H groups in total. The normalized spacial score (nSPS) is 25.5. The summed E-state index contributed by atoms with van der Waals surface area (Å²) >= 11 is 0. The zero-order chi connectivity index (χ0) is 22.2. The lowest BCUT2D eigenvalue weighted by Gasteiger charge is -2.44. The Balaban J connectivity index is 1.62. The molecule has 2 aliphatic rings. The number of pyridine rings is 1. The predicted molar refractivity (Wildman–Crippen MR) is 115 cm³/mol. The molecular formula is C22H25FN6O2. The molecule has 9 heteroatoms. The topological polar surface area (TPSA) is 113 Å². The highest BCUT2D eigenvalue weighted by molar-refractivity contribution is 6.08. The van der Waals surface area contributed by atoms with Crippen molar-refractivity contribution in [3.8, 4) is 6.07 Å². The average Bonchev–Trinajstić information content (AvgIpc) is 3.02. The molecule has 0 bridgehead atoms. The Kier molecular flexibility index (Phi) is 5.52. The highest BCUT2D eigenvalue weighted by atomic mass is 19.1. The first-order valence-electron chi connectivity index (χ1n) is 10.3. The number of fused-ring (bicyclic) bond motifs is 1. The van der Waals surface area contributed by atoms with Crippen LogP contribution in [0.1, 0.15) is 31.5 Å². The van der Waals surface area contributed by atoms with Crippen molar-refractivity contribution in [3.63, 3.8) is 0 Å². The summed E-state index contributed by atoms with van der Waals surface area (Å²) in [5.74, 6) is -0.629. The van der Waals surface area contributed by atoms with Gasteiger partial charge in [0.1, 0.15) is 23.1 Å². The first-order valence-corrected chi connectivity index (χ1v) is 10.3. The molecule has 0 saturated carbocycles. The monoisotopic (exact) mass is 424 g/mol. The van der Waals surface area contributed by atoms with Crippen LogP contribution in [0.5, 0.6) is 0 Å². The third-order valence-corrected chi connectivity index (χ3v) is 6.11. The molecule has 1 aromatic heterocycles. The van der Waals surface area contributed by atoms with Crippen LogP contribution in [0.4, 0.5) is 21.5 Å². The number of halogens is 1. The second-order valence-electron chi connectivity index (χ2n) is 8.03. The molecule has 1 saturated heterocycles. The van der Waals surface area contributed by atoms with Crippen LogP contribution in [0, 0.1) is 17.1 Å². The Morgan fingerprint density at radius 1 is 1.45 bits per heavy atom. The molecule has 1 unspecified atom stereocenters. The van der Waals surface area contributed by atoms with Crippen molar-refractivity contribution >= 4 is 23.0 Å². The molecule has 2 aromatic rings. The minimum absolute atomic E-state index is 0.220. The number of aliphatic hydroxyl groups excluding tert-OH is 1. The number of hydrogen-bond donors (Lipinski definition) is 4. The number of benzene rings is 1.